The normalized spacial score (nSPS) is 11.2. The number of halogens is 1. The molecule has 6 nitrogen and oxygen atoms in total. The SMILES string of the molecule is COc1ccc(S(=O)(=O)NCC(=O)NCCc2ccc(Cl)cc2)c(C)c1. The lowest BCUT2D eigenvalue weighted by molar-refractivity contribution is -0.119. The highest BCUT2D eigenvalue weighted by molar-refractivity contribution is 7.89. The van der Waals surface area contributed by atoms with Gasteiger partial charge in [0, 0.05) is 11.6 Å². The highest BCUT2D eigenvalue weighted by atomic mass is 35.5. The molecule has 0 bridgehead atoms. The molecule has 0 fully saturated rings. The number of hydrogen-bond donors (Lipinski definition) is 2. The number of hydrogen-bond acceptors (Lipinski definition) is 4. The Morgan fingerprint density at radius 1 is 1.15 bits per heavy atom. The van der Waals surface area contributed by atoms with Gasteiger partial charge in [-0.25, -0.2) is 13.1 Å². The molecule has 2 aromatic carbocycles. The van der Waals surface area contributed by atoms with E-state index in [0.29, 0.717) is 29.3 Å². The van der Waals surface area contributed by atoms with Crippen LogP contribution < -0.4 is 14.8 Å². The first-order chi connectivity index (χ1) is 12.3. The van der Waals surface area contributed by atoms with Gasteiger partial charge in [-0.3, -0.25) is 4.79 Å². The fraction of sp³-hybridized carbons (Fsp3) is 0.278. The van der Waals surface area contributed by atoms with E-state index in [1.54, 1.807) is 31.2 Å². The third kappa shape index (κ3) is 5.72. The molecule has 0 aliphatic heterocycles. The minimum Gasteiger partial charge on any atom is -0.497 e. The predicted molar refractivity (Wildman–Crippen MR) is 101 cm³/mol. The molecule has 2 aromatic rings. The molecule has 140 valence electrons. The number of carbonyl (C=O) groups is 1. The summed E-state index contributed by atoms with van der Waals surface area (Å²) in [6.45, 7) is 1.75. The lowest BCUT2D eigenvalue weighted by Gasteiger charge is -2.11. The van der Waals surface area contributed by atoms with Gasteiger partial charge in [0.05, 0.1) is 18.6 Å². The van der Waals surface area contributed by atoms with Crippen molar-refractivity contribution in [2.45, 2.75) is 18.2 Å². The van der Waals surface area contributed by atoms with Gasteiger partial charge in [0.25, 0.3) is 0 Å². The summed E-state index contributed by atoms with van der Waals surface area (Å²) in [5.74, 6) is 0.176. The van der Waals surface area contributed by atoms with Gasteiger partial charge in [-0.1, -0.05) is 23.7 Å². The molecule has 0 aromatic heterocycles. The highest BCUT2D eigenvalue weighted by Gasteiger charge is 2.18. The van der Waals surface area contributed by atoms with Crippen molar-refractivity contribution in [2.24, 2.45) is 0 Å². The second-order valence-electron chi connectivity index (χ2n) is 5.68. The third-order valence-electron chi connectivity index (χ3n) is 3.74. The zero-order chi connectivity index (χ0) is 19.2. The lowest BCUT2D eigenvalue weighted by atomic mass is 10.1. The van der Waals surface area contributed by atoms with Gasteiger partial charge in [0.2, 0.25) is 15.9 Å². The summed E-state index contributed by atoms with van der Waals surface area (Å²) in [7, 11) is -2.26. The van der Waals surface area contributed by atoms with E-state index >= 15 is 0 Å². The summed E-state index contributed by atoms with van der Waals surface area (Å²) in [5, 5.41) is 3.34. The molecular weight excluding hydrogens is 376 g/mol. The molecule has 2 rings (SSSR count). The minimum absolute atomic E-state index is 0.118. The van der Waals surface area contributed by atoms with Crippen LogP contribution in [0.1, 0.15) is 11.1 Å². The van der Waals surface area contributed by atoms with Gasteiger partial charge in [-0.2, -0.15) is 0 Å². The first-order valence-corrected chi connectivity index (χ1v) is 9.83. The molecular formula is C18H21ClN2O4S. The number of sulfonamides is 1. The number of ether oxygens (including phenoxy) is 1. The zero-order valence-electron chi connectivity index (χ0n) is 14.6. The first kappa shape index (κ1) is 20.2. The molecule has 0 aliphatic rings. The largest absolute Gasteiger partial charge is 0.497 e. The molecule has 8 heteroatoms. The van der Waals surface area contributed by atoms with Crippen molar-refractivity contribution in [3.8, 4) is 5.75 Å². The topological polar surface area (TPSA) is 84.5 Å². The van der Waals surface area contributed by atoms with Crippen LogP contribution in [0.2, 0.25) is 5.02 Å². The Hall–Kier alpha value is -2.09. The van der Waals surface area contributed by atoms with Gasteiger partial charge in [-0.15, -0.1) is 0 Å². The Morgan fingerprint density at radius 3 is 2.46 bits per heavy atom. The van der Waals surface area contributed by atoms with Gasteiger partial charge in [-0.05, 0) is 54.8 Å². The number of nitrogens with one attached hydrogen (secondary N) is 2. The van der Waals surface area contributed by atoms with Crippen molar-refractivity contribution >= 4 is 27.5 Å². The van der Waals surface area contributed by atoms with Crippen LogP contribution in [0.4, 0.5) is 0 Å². The summed E-state index contributed by atoms with van der Waals surface area (Å²) < 4.78 is 32.1. The minimum atomic E-state index is -3.77. The Morgan fingerprint density at radius 2 is 1.85 bits per heavy atom. The van der Waals surface area contributed by atoms with Crippen molar-refractivity contribution in [2.75, 3.05) is 20.2 Å². The van der Waals surface area contributed by atoms with Crippen molar-refractivity contribution in [1.82, 2.24) is 10.0 Å². The molecule has 26 heavy (non-hydrogen) atoms. The number of rotatable bonds is 8. The maximum atomic E-state index is 12.3. The van der Waals surface area contributed by atoms with Crippen molar-refractivity contribution in [3.05, 3.63) is 58.6 Å². The van der Waals surface area contributed by atoms with Crippen LogP contribution in [0.5, 0.6) is 5.75 Å². The van der Waals surface area contributed by atoms with E-state index in [-0.39, 0.29) is 11.4 Å². The molecule has 0 atom stereocenters. The number of methoxy groups -OCH3 is 1. The fourth-order valence-corrected chi connectivity index (χ4v) is 3.68. The highest BCUT2D eigenvalue weighted by Crippen LogP contribution is 2.20. The van der Waals surface area contributed by atoms with Gasteiger partial charge in [0.15, 0.2) is 0 Å². The molecule has 2 N–H and O–H groups in total. The van der Waals surface area contributed by atoms with E-state index in [1.807, 2.05) is 12.1 Å². The Labute approximate surface area is 158 Å². The van der Waals surface area contributed by atoms with E-state index in [9.17, 15) is 13.2 Å². The Bertz CT molecular complexity index is 867. The molecule has 0 radical (unpaired) electrons. The maximum Gasteiger partial charge on any atom is 0.241 e. The second kappa shape index (κ2) is 9.02. The summed E-state index contributed by atoms with van der Waals surface area (Å²) in [6.07, 6.45) is 0.632. The average Bonchev–Trinajstić information content (AvgIpc) is 2.61. The summed E-state index contributed by atoms with van der Waals surface area (Å²) in [4.78, 5) is 12.0. The van der Waals surface area contributed by atoms with E-state index in [0.717, 1.165) is 5.56 Å². The van der Waals surface area contributed by atoms with Crippen LogP contribution in [0, 0.1) is 6.92 Å². The fourth-order valence-electron chi connectivity index (χ4n) is 2.35. The van der Waals surface area contributed by atoms with E-state index in [1.165, 1.54) is 13.2 Å². The number of carbonyl (C=O) groups excluding carboxylic acids is 1. The third-order valence-corrected chi connectivity index (χ3v) is 5.56. The zero-order valence-corrected chi connectivity index (χ0v) is 16.2. The van der Waals surface area contributed by atoms with Crippen LogP contribution in [0.25, 0.3) is 0 Å². The molecule has 0 saturated heterocycles. The van der Waals surface area contributed by atoms with Crippen molar-refractivity contribution in [1.29, 1.82) is 0 Å². The molecule has 0 unspecified atom stereocenters. The quantitative estimate of drug-likeness (QED) is 0.717. The number of benzene rings is 2. The van der Waals surface area contributed by atoms with E-state index < -0.39 is 15.9 Å². The van der Waals surface area contributed by atoms with Crippen molar-refractivity contribution in [3.63, 3.8) is 0 Å². The smallest absolute Gasteiger partial charge is 0.241 e. The van der Waals surface area contributed by atoms with Gasteiger partial charge in [0.1, 0.15) is 5.75 Å². The molecule has 0 spiro atoms. The van der Waals surface area contributed by atoms with Crippen molar-refractivity contribution < 1.29 is 17.9 Å². The molecule has 0 saturated carbocycles. The number of aryl methyl sites for hydroxylation is 1. The molecule has 0 heterocycles. The lowest BCUT2D eigenvalue weighted by Crippen LogP contribution is -2.37. The van der Waals surface area contributed by atoms with Gasteiger partial charge >= 0.3 is 0 Å². The monoisotopic (exact) mass is 396 g/mol. The van der Waals surface area contributed by atoms with Gasteiger partial charge < -0.3 is 10.1 Å². The standard InChI is InChI=1S/C18H21ClN2O4S/c1-13-11-16(25-2)7-8-17(13)26(23,24)21-12-18(22)20-10-9-14-3-5-15(19)6-4-14/h3-8,11,21H,9-10,12H2,1-2H3,(H,20,22). The van der Waals surface area contributed by atoms with E-state index in [4.69, 9.17) is 16.3 Å². The van der Waals surface area contributed by atoms with Crippen LogP contribution in [0.3, 0.4) is 0 Å². The molecule has 1 amide bonds. The Balaban J connectivity index is 1.84. The predicted octanol–water partition coefficient (Wildman–Crippen LogP) is 2.29. The first-order valence-electron chi connectivity index (χ1n) is 7.97. The van der Waals surface area contributed by atoms with Crippen LogP contribution in [0.15, 0.2) is 47.4 Å². The molecule has 0 aliphatic carbocycles. The van der Waals surface area contributed by atoms with Crippen LogP contribution in [-0.4, -0.2) is 34.5 Å². The summed E-state index contributed by atoms with van der Waals surface area (Å²) >= 11 is 5.82. The number of amides is 1. The van der Waals surface area contributed by atoms with Crippen LogP contribution >= 0.6 is 11.6 Å². The summed E-state index contributed by atoms with van der Waals surface area (Å²) in [6, 6.07) is 12.0. The van der Waals surface area contributed by atoms with E-state index in [2.05, 4.69) is 10.0 Å². The Kier molecular flexibility index (Phi) is 7.02. The van der Waals surface area contributed by atoms with Crippen LogP contribution in [-0.2, 0) is 21.2 Å². The maximum absolute atomic E-state index is 12.3. The second-order valence-corrected chi connectivity index (χ2v) is 7.85. The summed E-state index contributed by atoms with van der Waals surface area (Å²) in [5.41, 5.74) is 1.57. The average molecular weight is 397 g/mol.